The number of fused-ring (bicyclic) bond motifs is 1. The molecular weight excluding hydrogens is 294 g/mol. The van der Waals surface area contributed by atoms with Crippen molar-refractivity contribution >= 4 is 22.7 Å². The summed E-state index contributed by atoms with van der Waals surface area (Å²) in [5.41, 5.74) is 1.43. The summed E-state index contributed by atoms with van der Waals surface area (Å²) in [6, 6.07) is 8.96. The van der Waals surface area contributed by atoms with E-state index in [1.165, 1.54) is 6.92 Å². The first-order valence-electron chi connectivity index (χ1n) is 7.60. The SMILES string of the molecule is CC(=O)N[C@@H]1CN(C(=O)c2ccc3ncccc3c2)C[C@H]1CO. The van der Waals surface area contributed by atoms with Crippen molar-refractivity contribution in [3.8, 4) is 0 Å². The lowest BCUT2D eigenvalue weighted by Gasteiger charge is -2.17. The standard InChI is InChI=1S/C17H19N3O3/c1-11(22)19-16-9-20(8-14(16)10-21)17(23)13-4-5-15-12(7-13)3-2-6-18-15/h2-7,14,16,21H,8-10H2,1H3,(H,19,22)/t14-,16+/m0/s1. The number of aliphatic hydroxyl groups is 1. The van der Waals surface area contributed by atoms with Crippen molar-refractivity contribution in [3.63, 3.8) is 0 Å². The van der Waals surface area contributed by atoms with Gasteiger partial charge in [-0.2, -0.15) is 0 Å². The van der Waals surface area contributed by atoms with E-state index in [1.807, 2.05) is 24.3 Å². The molecule has 0 unspecified atom stereocenters. The van der Waals surface area contributed by atoms with Crippen LogP contribution in [0.25, 0.3) is 10.9 Å². The highest BCUT2D eigenvalue weighted by molar-refractivity contribution is 5.98. The molecule has 0 aliphatic carbocycles. The van der Waals surface area contributed by atoms with Crippen molar-refractivity contribution in [2.45, 2.75) is 13.0 Å². The molecule has 120 valence electrons. The summed E-state index contributed by atoms with van der Waals surface area (Å²) in [5, 5.41) is 13.2. The molecule has 0 saturated carbocycles. The lowest BCUT2D eigenvalue weighted by Crippen LogP contribution is -2.40. The quantitative estimate of drug-likeness (QED) is 0.878. The molecule has 23 heavy (non-hydrogen) atoms. The van der Waals surface area contributed by atoms with E-state index in [0.717, 1.165) is 10.9 Å². The number of nitrogens with zero attached hydrogens (tertiary/aromatic N) is 2. The summed E-state index contributed by atoms with van der Waals surface area (Å²) in [6.45, 7) is 2.23. The third-order valence-corrected chi connectivity index (χ3v) is 4.20. The van der Waals surface area contributed by atoms with Crippen molar-refractivity contribution in [1.29, 1.82) is 0 Å². The number of aliphatic hydroxyl groups excluding tert-OH is 1. The monoisotopic (exact) mass is 313 g/mol. The number of aromatic nitrogens is 1. The van der Waals surface area contributed by atoms with E-state index in [4.69, 9.17) is 0 Å². The van der Waals surface area contributed by atoms with Gasteiger partial charge in [-0.15, -0.1) is 0 Å². The van der Waals surface area contributed by atoms with E-state index in [0.29, 0.717) is 18.7 Å². The number of likely N-dealkylation sites (tertiary alicyclic amines) is 1. The zero-order chi connectivity index (χ0) is 16.4. The predicted molar refractivity (Wildman–Crippen MR) is 85.8 cm³/mol. The maximum atomic E-state index is 12.7. The van der Waals surface area contributed by atoms with Crippen LogP contribution in [0.3, 0.4) is 0 Å². The molecule has 3 rings (SSSR count). The van der Waals surface area contributed by atoms with Gasteiger partial charge in [-0.3, -0.25) is 14.6 Å². The Morgan fingerprint density at radius 2 is 2.17 bits per heavy atom. The molecule has 1 aromatic carbocycles. The van der Waals surface area contributed by atoms with Gasteiger partial charge in [0.2, 0.25) is 5.91 Å². The number of amides is 2. The third kappa shape index (κ3) is 3.17. The second-order valence-electron chi connectivity index (χ2n) is 5.87. The smallest absolute Gasteiger partial charge is 0.253 e. The number of pyridine rings is 1. The summed E-state index contributed by atoms with van der Waals surface area (Å²) >= 11 is 0. The van der Waals surface area contributed by atoms with Crippen LogP contribution in [0.4, 0.5) is 0 Å². The number of hydrogen-bond acceptors (Lipinski definition) is 4. The summed E-state index contributed by atoms with van der Waals surface area (Å²) in [4.78, 5) is 29.9. The molecule has 0 spiro atoms. The Labute approximate surface area is 134 Å². The molecule has 1 aliphatic heterocycles. The van der Waals surface area contributed by atoms with E-state index in [1.54, 1.807) is 17.2 Å². The zero-order valence-electron chi connectivity index (χ0n) is 12.9. The van der Waals surface area contributed by atoms with Crippen molar-refractivity contribution in [3.05, 3.63) is 42.1 Å². The van der Waals surface area contributed by atoms with Gasteiger partial charge >= 0.3 is 0 Å². The fourth-order valence-electron chi connectivity index (χ4n) is 3.04. The van der Waals surface area contributed by atoms with E-state index in [9.17, 15) is 14.7 Å². The molecule has 6 nitrogen and oxygen atoms in total. The Kier molecular flexibility index (Phi) is 4.25. The minimum atomic E-state index is -0.205. The number of benzene rings is 1. The summed E-state index contributed by atoms with van der Waals surface area (Å²) < 4.78 is 0. The van der Waals surface area contributed by atoms with E-state index in [2.05, 4.69) is 10.3 Å². The third-order valence-electron chi connectivity index (χ3n) is 4.20. The van der Waals surface area contributed by atoms with Gasteiger partial charge in [0.15, 0.2) is 0 Å². The molecule has 0 bridgehead atoms. The molecular formula is C17H19N3O3. The summed E-state index contributed by atoms with van der Waals surface area (Å²) in [5.74, 6) is -0.383. The van der Waals surface area contributed by atoms with Crippen molar-refractivity contribution < 1.29 is 14.7 Å². The van der Waals surface area contributed by atoms with E-state index < -0.39 is 0 Å². The first-order chi connectivity index (χ1) is 11.1. The first-order valence-corrected chi connectivity index (χ1v) is 7.60. The summed E-state index contributed by atoms with van der Waals surface area (Å²) in [7, 11) is 0. The van der Waals surface area contributed by atoms with Crippen LogP contribution in [0.5, 0.6) is 0 Å². The van der Waals surface area contributed by atoms with Crippen LogP contribution in [0, 0.1) is 5.92 Å². The molecule has 2 N–H and O–H groups in total. The Morgan fingerprint density at radius 1 is 1.35 bits per heavy atom. The highest BCUT2D eigenvalue weighted by atomic mass is 16.3. The van der Waals surface area contributed by atoms with Crippen molar-refractivity contribution in [2.24, 2.45) is 5.92 Å². The average Bonchev–Trinajstić information content (AvgIpc) is 2.95. The topological polar surface area (TPSA) is 82.5 Å². The molecule has 2 atom stereocenters. The van der Waals surface area contributed by atoms with Gasteiger partial charge in [0.25, 0.3) is 5.91 Å². The predicted octanol–water partition coefficient (Wildman–Crippen LogP) is 0.804. The van der Waals surface area contributed by atoms with Gasteiger partial charge < -0.3 is 15.3 Å². The minimum absolute atomic E-state index is 0.0592. The van der Waals surface area contributed by atoms with Gasteiger partial charge in [0.1, 0.15) is 0 Å². The number of carbonyl (C=O) groups excluding carboxylic acids is 2. The van der Waals surface area contributed by atoms with Crippen molar-refractivity contribution in [2.75, 3.05) is 19.7 Å². The molecule has 1 fully saturated rings. The first kappa shape index (κ1) is 15.4. The fraction of sp³-hybridized carbons (Fsp3) is 0.353. The number of nitrogens with one attached hydrogen (secondary N) is 1. The van der Waals surface area contributed by atoms with Gasteiger partial charge in [0.05, 0.1) is 11.6 Å². The molecule has 2 aromatic rings. The van der Waals surface area contributed by atoms with Crippen LogP contribution < -0.4 is 5.32 Å². The molecule has 2 heterocycles. The Balaban J connectivity index is 1.80. The Hall–Kier alpha value is -2.47. The largest absolute Gasteiger partial charge is 0.396 e. The van der Waals surface area contributed by atoms with Crippen LogP contribution in [0.2, 0.25) is 0 Å². The highest BCUT2D eigenvalue weighted by Crippen LogP contribution is 2.21. The van der Waals surface area contributed by atoms with Crippen molar-refractivity contribution in [1.82, 2.24) is 15.2 Å². The number of hydrogen-bond donors (Lipinski definition) is 2. The maximum absolute atomic E-state index is 12.7. The number of carbonyl (C=O) groups is 2. The van der Waals surface area contributed by atoms with Crippen LogP contribution in [0.15, 0.2) is 36.5 Å². The van der Waals surface area contributed by atoms with E-state index in [-0.39, 0.29) is 30.4 Å². The minimum Gasteiger partial charge on any atom is -0.396 e. The second-order valence-corrected chi connectivity index (χ2v) is 5.87. The molecule has 0 radical (unpaired) electrons. The number of rotatable bonds is 3. The molecule has 1 aromatic heterocycles. The van der Waals surface area contributed by atoms with Crippen LogP contribution in [-0.4, -0.2) is 52.5 Å². The van der Waals surface area contributed by atoms with Gasteiger partial charge in [-0.25, -0.2) is 0 Å². The Morgan fingerprint density at radius 3 is 2.91 bits per heavy atom. The molecule has 2 amide bonds. The van der Waals surface area contributed by atoms with E-state index >= 15 is 0 Å². The average molecular weight is 313 g/mol. The zero-order valence-corrected chi connectivity index (χ0v) is 12.9. The Bertz CT molecular complexity index is 747. The van der Waals surface area contributed by atoms with Crippen LogP contribution in [0.1, 0.15) is 17.3 Å². The van der Waals surface area contributed by atoms with Crippen LogP contribution >= 0.6 is 0 Å². The molecule has 6 heteroatoms. The second kappa shape index (κ2) is 6.34. The van der Waals surface area contributed by atoms with Gasteiger partial charge in [-0.1, -0.05) is 6.07 Å². The highest BCUT2D eigenvalue weighted by Gasteiger charge is 2.35. The summed E-state index contributed by atoms with van der Waals surface area (Å²) in [6.07, 6.45) is 1.72. The molecule has 1 aliphatic rings. The fourth-order valence-corrected chi connectivity index (χ4v) is 3.04. The molecule has 1 saturated heterocycles. The van der Waals surface area contributed by atoms with Gasteiger partial charge in [-0.05, 0) is 24.3 Å². The normalized spacial score (nSPS) is 20.7. The van der Waals surface area contributed by atoms with Gasteiger partial charge in [0, 0.05) is 49.7 Å². The van der Waals surface area contributed by atoms with Crippen LogP contribution in [-0.2, 0) is 4.79 Å². The lowest BCUT2D eigenvalue weighted by molar-refractivity contribution is -0.119. The maximum Gasteiger partial charge on any atom is 0.253 e. The lowest BCUT2D eigenvalue weighted by atomic mass is 10.1.